The summed E-state index contributed by atoms with van der Waals surface area (Å²) < 4.78 is 33.0. The molecule has 1 heterocycles. The molecular weight excluding hydrogens is 502 g/mol. The van der Waals surface area contributed by atoms with Gasteiger partial charge in [0.2, 0.25) is 10.0 Å². The summed E-state index contributed by atoms with van der Waals surface area (Å²) in [5.74, 6) is -1.72. The molecule has 0 saturated heterocycles. The number of anilines is 2. The van der Waals surface area contributed by atoms with Crippen molar-refractivity contribution in [3.63, 3.8) is 0 Å². The zero-order valence-corrected chi connectivity index (χ0v) is 22.4. The summed E-state index contributed by atoms with van der Waals surface area (Å²) in [4.78, 5) is 53.4. The number of ether oxygens (including phenoxy) is 1. The molecular formula is C24H35N5O7S. The summed E-state index contributed by atoms with van der Waals surface area (Å²) in [6, 6.07) is 6.05. The Hall–Kier alpha value is -3.45. The number of hydrogen-bond acceptors (Lipinski definition) is 8. The van der Waals surface area contributed by atoms with Gasteiger partial charge in [0.15, 0.2) is 12.3 Å². The second-order valence-corrected chi connectivity index (χ2v) is 10.8. The molecule has 0 aliphatic rings. The lowest BCUT2D eigenvalue weighted by atomic mass is 10.1. The van der Waals surface area contributed by atoms with E-state index in [-0.39, 0.29) is 35.4 Å². The van der Waals surface area contributed by atoms with Gasteiger partial charge in [-0.1, -0.05) is 44.9 Å². The highest BCUT2D eigenvalue weighted by molar-refractivity contribution is 7.89. The Morgan fingerprint density at radius 2 is 1.84 bits per heavy atom. The largest absolute Gasteiger partial charge is 0.455 e. The summed E-state index contributed by atoms with van der Waals surface area (Å²) in [6.07, 6.45) is 1.91. The van der Waals surface area contributed by atoms with Gasteiger partial charge in [0.1, 0.15) is 12.4 Å². The van der Waals surface area contributed by atoms with Crippen molar-refractivity contribution in [3.8, 4) is 0 Å². The molecule has 2 rings (SSSR count). The zero-order chi connectivity index (χ0) is 27.8. The Morgan fingerprint density at radius 1 is 1.19 bits per heavy atom. The van der Waals surface area contributed by atoms with Crippen LogP contribution >= 0.6 is 0 Å². The number of amides is 1. The third kappa shape index (κ3) is 8.29. The molecule has 0 bridgehead atoms. The number of aryl methyl sites for hydroxylation is 1. The quantitative estimate of drug-likeness (QED) is 0.319. The monoisotopic (exact) mass is 537 g/mol. The van der Waals surface area contributed by atoms with Crippen molar-refractivity contribution >= 4 is 33.4 Å². The van der Waals surface area contributed by atoms with Crippen LogP contribution in [0.25, 0.3) is 0 Å². The third-order valence-electron chi connectivity index (χ3n) is 5.54. The number of benzene rings is 1. The molecule has 0 saturated carbocycles. The first-order chi connectivity index (χ1) is 17.4. The predicted molar refractivity (Wildman–Crippen MR) is 140 cm³/mol. The van der Waals surface area contributed by atoms with Crippen LogP contribution < -0.4 is 26.6 Å². The first-order valence-corrected chi connectivity index (χ1v) is 13.5. The van der Waals surface area contributed by atoms with Gasteiger partial charge in [0.05, 0.1) is 4.90 Å². The lowest BCUT2D eigenvalue weighted by Gasteiger charge is -2.25. The number of aromatic amines is 1. The normalized spacial score (nSPS) is 11.5. The van der Waals surface area contributed by atoms with Crippen LogP contribution in [0.4, 0.5) is 11.5 Å². The minimum Gasteiger partial charge on any atom is -0.455 e. The number of nitrogens with zero attached hydrogens (tertiary/aromatic N) is 2. The number of hydrogen-bond donors (Lipinski definition) is 3. The topological polar surface area (TPSA) is 174 Å². The molecule has 0 atom stereocenters. The van der Waals surface area contributed by atoms with E-state index in [1.807, 2.05) is 27.7 Å². The van der Waals surface area contributed by atoms with Gasteiger partial charge < -0.3 is 15.4 Å². The van der Waals surface area contributed by atoms with Crippen molar-refractivity contribution in [3.05, 3.63) is 50.7 Å². The Labute approximate surface area is 215 Å². The maximum absolute atomic E-state index is 13.0. The SMILES string of the molecule is CCCCn1c(N)c(N(CCC(C)C)C(=O)COC(=O)CNS(=O)(=O)c2ccc(C)cc2)c(=O)[nH]c1=O. The van der Waals surface area contributed by atoms with Crippen LogP contribution in [0, 0.1) is 12.8 Å². The Morgan fingerprint density at radius 3 is 2.43 bits per heavy atom. The molecule has 0 radical (unpaired) electrons. The van der Waals surface area contributed by atoms with E-state index < -0.39 is 46.3 Å². The molecule has 1 aromatic heterocycles. The van der Waals surface area contributed by atoms with Crippen LogP contribution in [0.5, 0.6) is 0 Å². The fraction of sp³-hybridized carbons (Fsp3) is 0.500. The molecule has 2 aromatic rings. The molecule has 0 fully saturated rings. The lowest BCUT2D eigenvalue weighted by molar-refractivity contribution is -0.146. The zero-order valence-electron chi connectivity index (χ0n) is 21.6. The predicted octanol–water partition coefficient (Wildman–Crippen LogP) is 1.13. The molecule has 204 valence electrons. The average molecular weight is 538 g/mol. The van der Waals surface area contributed by atoms with Gasteiger partial charge in [-0.25, -0.2) is 13.2 Å². The number of nitrogen functional groups attached to an aromatic ring is 1. The van der Waals surface area contributed by atoms with E-state index in [2.05, 4.69) is 9.71 Å². The van der Waals surface area contributed by atoms with E-state index in [1.165, 1.54) is 16.7 Å². The van der Waals surface area contributed by atoms with Gasteiger partial charge in [-0.2, -0.15) is 4.72 Å². The van der Waals surface area contributed by atoms with E-state index in [1.54, 1.807) is 12.1 Å². The lowest BCUT2D eigenvalue weighted by Crippen LogP contribution is -2.43. The van der Waals surface area contributed by atoms with Crippen LogP contribution in [0.1, 0.15) is 45.6 Å². The number of carbonyl (C=O) groups is 2. The van der Waals surface area contributed by atoms with Crippen molar-refractivity contribution in [2.45, 2.75) is 58.4 Å². The highest BCUT2D eigenvalue weighted by atomic mass is 32.2. The summed E-state index contributed by atoms with van der Waals surface area (Å²) >= 11 is 0. The molecule has 1 aromatic carbocycles. The molecule has 12 nitrogen and oxygen atoms in total. The van der Waals surface area contributed by atoms with Gasteiger partial charge in [-0.3, -0.25) is 23.9 Å². The molecule has 4 N–H and O–H groups in total. The molecule has 0 spiro atoms. The summed E-state index contributed by atoms with van der Waals surface area (Å²) in [6.45, 7) is 6.50. The molecule has 0 aliphatic heterocycles. The number of aromatic nitrogens is 2. The molecule has 13 heteroatoms. The smallest absolute Gasteiger partial charge is 0.330 e. The van der Waals surface area contributed by atoms with Crippen molar-refractivity contribution < 1.29 is 22.7 Å². The van der Waals surface area contributed by atoms with Crippen LogP contribution in [-0.4, -0.2) is 49.5 Å². The van der Waals surface area contributed by atoms with Crippen molar-refractivity contribution in [2.24, 2.45) is 5.92 Å². The van der Waals surface area contributed by atoms with Crippen molar-refractivity contribution in [1.29, 1.82) is 0 Å². The highest BCUT2D eigenvalue weighted by Gasteiger charge is 2.25. The van der Waals surface area contributed by atoms with Crippen molar-refractivity contribution in [2.75, 3.05) is 30.3 Å². The number of sulfonamides is 1. The minimum atomic E-state index is -3.96. The fourth-order valence-electron chi connectivity index (χ4n) is 3.35. The van der Waals surface area contributed by atoms with E-state index in [0.29, 0.717) is 12.8 Å². The molecule has 37 heavy (non-hydrogen) atoms. The number of carbonyl (C=O) groups excluding carboxylic acids is 2. The van der Waals surface area contributed by atoms with Crippen molar-refractivity contribution in [1.82, 2.24) is 14.3 Å². The summed E-state index contributed by atoms with van der Waals surface area (Å²) in [5, 5.41) is 0. The van der Waals surface area contributed by atoms with Gasteiger partial charge in [0, 0.05) is 13.1 Å². The maximum atomic E-state index is 13.0. The van der Waals surface area contributed by atoms with Gasteiger partial charge in [0.25, 0.3) is 11.5 Å². The maximum Gasteiger partial charge on any atom is 0.330 e. The Balaban J connectivity index is 2.17. The number of H-pyrrole nitrogens is 1. The van der Waals surface area contributed by atoms with Gasteiger partial charge >= 0.3 is 11.7 Å². The minimum absolute atomic E-state index is 0.0188. The highest BCUT2D eigenvalue weighted by Crippen LogP contribution is 2.19. The van der Waals surface area contributed by atoms with E-state index in [9.17, 15) is 27.6 Å². The standard InChI is InChI=1S/C24H35N5O7S/c1-5-6-12-29-22(25)21(23(32)27-24(29)33)28(13-11-16(2)3)19(30)15-36-20(31)14-26-37(34,35)18-9-7-17(4)8-10-18/h7-10,16,26H,5-6,11-15,25H2,1-4H3,(H,27,32,33). The summed E-state index contributed by atoms with van der Waals surface area (Å²) in [7, 11) is -3.96. The Kier molecular flexibility index (Phi) is 10.6. The van der Waals surface area contributed by atoms with Crippen LogP contribution in [0.2, 0.25) is 0 Å². The van der Waals surface area contributed by atoms with Crippen LogP contribution in [-0.2, 0) is 30.9 Å². The fourth-order valence-corrected chi connectivity index (χ4v) is 4.32. The van der Waals surface area contributed by atoms with Crippen LogP contribution in [0.3, 0.4) is 0 Å². The van der Waals surface area contributed by atoms with E-state index in [0.717, 1.165) is 16.9 Å². The Bertz CT molecular complexity index is 1310. The first-order valence-electron chi connectivity index (χ1n) is 12.0. The second-order valence-electron chi connectivity index (χ2n) is 9.02. The second kappa shape index (κ2) is 13.2. The number of rotatable bonds is 13. The first kappa shape index (κ1) is 29.8. The molecule has 0 aliphatic carbocycles. The number of nitrogens with one attached hydrogen (secondary N) is 2. The van der Waals surface area contributed by atoms with Gasteiger partial charge in [-0.05, 0) is 37.8 Å². The third-order valence-corrected chi connectivity index (χ3v) is 6.96. The number of esters is 1. The summed E-state index contributed by atoms with van der Waals surface area (Å²) in [5.41, 5.74) is 5.32. The average Bonchev–Trinajstić information content (AvgIpc) is 2.83. The number of nitrogens with two attached hydrogens (primary N) is 1. The van der Waals surface area contributed by atoms with Gasteiger partial charge in [-0.15, -0.1) is 0 Å². The molecule has 0 unspecified atom stereocenters. The molecule has 1 amide bonds. The van der Waals surface area contributed by atoms with E-state index >= 15 is 0 Å². The number of unbranched alkanes of at least 4 members (excludes halogenated alkanes) is 1. The van der Waals surface area contributed by atoms with E-state index in [4.69, 9.17) is 10.5 Å². The van der Waals surface area contributed by atoms with Crippen LogP contribution in [0.15, 0.2) is 38.8 Å².